The lowest BCUT2D eigenvalue weighted by atomic mass is 10.4. The molecule has 0 aromatic carbocycles. The van der Waals surface area contributed by atoms with Crippen molar-refractivity contribution in [2.75, 3.05) is 0 Å². The first kappa shape index (κ1) is 12.1. The van der Waals surface area contributed by atoms with Gasteiger partial charge in [0.1, 0.15) is 0 Å². The van der Waals surface area contributed by atoms with E-state index in [2.05, 4.69) is 32.9 Å². The monoisotopic (exact) mass is 295 g/mol. The SMILES string of the molecule is CCCn1cc(Oc2ccc(Br)c(C)n2)cn1. The molecule has 5 heteroatoms. The number of hydrogen-bond donors (Lipinski definition) is 0. The molecule has 2 heterocycles. The highest BCUT2D eigenvalue weighted by Gasteiger charge is 2.04. The number of ether oxygens (including phenoxy) is 1. The Morgan fingerprint density at radius 3 is 2.94 bits per heavy atom. The zero-order valence-electron chi connectivity index (χ0n) is 9.85. The smallest absolute Gasteiger partial charge is 0.219 e. The molecule has 2 aromatic rings. The molecule has 0 bridgehead atoms. The van der Waals surface area contributed by atoms with Gasteiger partial charge >= 0.3 is 0 Å². The van der Waals surface area contributed by atoms with Crippen LogP contribution in [0.1, 0.15) is 19.0 Å². The van der Waals surface area contributed by atoms with Gasteiger partial charge in [-0.3, -0.25) is 4.68 Å². The first-order chi connectivity index (χ1) is 8.19. The van der Waals surface area contributed by atoms with Crippen LogP contribution < -0.4 is 4.74 Å². The van der Waals surface area contributed by atoms with Crippen LogP contribution >= 0.6 is 15.9 Å². The molecule has 90 valence electrons. The van der Waals surface area contributed by atoms with Gasteiger partial charge in [-0.15, -0.1) is 0 Å². The van der Waals surface area contributed by atoms with E-state index < -0.39 is 0 Å². The minimum atomic E-state index is 0.585. The van der Waals surface area contributed by atoms with Crippen molar-refractivity contribution in [1.29, 1.82) is 0 Å². The van der Waals surface area contributed by atoms with Gasteiger partial charge < -0.3 is 4.74 Å². The normalized spacial score (nSPS) is 10.5. The first-order valence-electron chi connectivity index (χ1n) is 5.52. The lowest BCUT2D eigenvalue weighted by Crippen LogP contribution is -1.95. The van der Waals surface area contributed by atoms with Crippen LogP contribution in [0.15, 0.2) is 29.0 Å². The summed E-state index contributed by atoms with van der Waals surface area (Å²) >= 11 is 3.40. The summed E-state index contributed by atoms with van der Waals surface area (Å²) in [6.07, 6.45) is 4.63. The number of hydrogen-bond acceptors (Lipinski definition) is 3. The zero-order valence-corrected chi connectivity index (χ0v) is 11.4. The Bertz CT molecular complexity index is 510. The van der Waals surface area contributed by atoms with Crippen LogP contribution in [0.5, 0.6) is 11.6 Å². The molecule has 2 aromatic heterocycles. The minimum absolute atomic E-state index is 0.585. The van der Waals surface area contributed by atoms with Crippen molar-refractivity contribution in [3.05, 3.63) is 34.7 Å². The highest BCUT2D eigenvalue weighted by Crippen LogP contribution is 2.22. The second-order valence-electron chi connectivity index (χ2n) is 3.76. The summed E-state index contributed by atoms with van der Waals surface area (Å²) in [6.45, 7) is 4.94. The third-order valence-corrected chi connectivity index (χ3v) is 3.12. The molecular weight excluding hydrogens is 282 g/mol. The Morgan fingerprint density at radius 1 is 1.41 bits per heavy atom. The average Bonchev–Trinajstić information content (AvgIpc) is 2.72. The van der Waals surface area contributed by atoms with Crippen molar-refractivity contribution < 1.29 is 4.74 Å². The summed E-state index contributed by atoms with van der Waals surface area (Å²) in [7, 11) is 0. The van der Waals surface area contributed by atoms with Gasteiger partial charge in [-0.25, -0.2) is 4.98 Å². The maximum absolute atomic E-state index is 5.63. The van der Waals surface area contributed by atoms with Crippen LogP contribution in [0.3, 0.4) is 0 Å². The van der Waals surface area contributed by atoms with Crippen LogP contribution in [0.2, 0.25) is 0 Å². The van der Waals surface area contributed by atoms with Gasteiger partial charge in [0.25, 0.3) is 0 Å². The van der Waals surface area contributed by atoms with E-state index in [9.17, 15) is 0 Å². The van der Waals surface area contributed by atoms with Gasteiger partial charge in [0.2, 0.25) is 5.88 Å². The third-order valence-electron chi connectivity index (χ3n) is 2.28. The van der Waals surface area contributed by atoms with Gasteiger partial charge in [0.05, 0.1) is 18.1 Å². The van der Waals surface area contributed by atoms with Crippen LogP contribution in [0.4, 0.5) is 0 Å². The largest absolute Gasteiger partial charge is 0.436 e. The molecular formula is C12H14BrN3O. The van der Waals surface area contributed by atoms with E-state index >= 15 is 0 Å². The molecule has 0 spiro atoms. The predicted molar refractivity (Wildman–Crippen MR) is 69.3 cm³/mol. The average molecular weight is 296 g/mol. The molecule has 0 aliphatic carbocycles. The molecule has 4 nitrogen and oxygen atoms in total. The first-order valence-corrected chi connectivity index (χ1v) is 6.32. The highest BCUT2D eigenvalue weighted by molar-refractivity contribution is 9.10. The van der Waals surface area contributed by atoms with Crippen molar-refractivity contribution in [2.45, 2.75) is 26.8 Å². The standard InChI is InChI=1S/C12H14BrN3O/c1-3-6-16-8-10(7-14-16)17-12-5-4-11(13)9(2)15-12/h4-5,7-8H,3,6H2,1-2H3. The molecule has 0 saturated carbocycles. The van der Waals surface area contributed by atoms with E-state index in [0.29, 0.717) is 11.6 Å². The Balaban J connectivity index is 2.11. The number of aromatic nitrogens is 3. The molecule has 0 unspecified atom stereocenters. The fourth-order valence-corrected chi connectivity index (χ4v) is 1.67. The van der Waals surface area contributed by atoms with Crippen molar-refractivity contribution in [3.8, 4) is 11.6 Å². The Hall–Kier alpha value is -1.36. The Morgan fingerprint density at radius 2 is 2.24 bits per heavy atom. The van der Waals surface area contributed by atoms with Crippen LogP contribution in [0, 0.1) is 6.92 Å². The molecule has 0 amide bonds. The van der Waals surface area contributed by atoms with E-state index in [1.807, 2.05) is 29.9 Å². The number of nitrogens with zero attached hydrogens (tertiary/aromatic N) is 3. The number of pyridine rings is 1. The minimum Gasteiger partial charge on any atom is -0.436 e. The molecule has 0 fully saturated rings. The molecule has 0 aliphatic heterocycles. The van der Waals surface area contributed by atoms with Crippen LogP contribution in [-0.4, -0.2) is 14.8 Å². The van der Waals surface area contributed by atoms with Gasteiger partial charge in [0, 0.05) is 17.1 Å². The number of halogens is 1. The van der Waals surface area contributed by atoms with Crippen molar-refractivity contribution in [3.63, 3.8) is 0 Å². The lowest BCUT2D eigenvalue weighted by Gasteiger charge is -2.03. The molecule has 0 aliphatic rings. The zero-order chi connectivity index (χ0) is 12.3. The molecule has 17 heavy (non-hydrogen) atoms. The molecule has 0 N–H and O–H groups in total. The summed E-state index contributed by atoms with van der Waals surface area (Å²) in [5, 5.41) is 4.20. The van der Waals surface area contributed by atoms with E-state index in [-0.39, 0.29) is 0 Å². The van der Waals surface area contributed by atoms with E-state index in [4.69, 9.17) is 4.74 Å². The third kappa shape index (κ3) is 3.06. The van der Waals surface area contributed by atoms with Gasteiger partial charge in [-0.05, 0) is 35.3 Å². The van der Waals surface area contributed by atoms with Crippen molar-refractivity contribution >= 4 is 15.9 Å². The molecule has 0 atom stereocenters. The summed E-state index contributed by atoms with van der Waals surface area (Å²) in [6, 6.07) is 3.75. The van der Waals surface area contributed by atoms with Gasteiger partial charge in [-0.2, -0.15) is 5.10 Å². The summed E-state index contributed by atoms with van der Waals surface area (Å²) < 4.78 is 8.47. The van der Waals surface area contributed by atoms with Gasteiger partial charge in [0.15, 0.2) is 5.75 Å². The van der Waals surface area contributed by atoms with Crippen molar-refractivity contribution in [2.24, 2.45) is 0 Å². The molecule has 2 rings (SSSR count). The predicted octanol–water partition coefficient (Wildman–Crippen LogP) is 3.55. The molecule has 0 radical (unpaired) electrons. The van der Waals surface area contributed by atoms with Crippen LogP contribution in [0.25, 0.3) is 0 Å². The maximum atomic E-state index is 5.63. The lowest BCUT2D eigenvalue weighted by molar-refractivity contribution is 0.460. The molecule has 0 saturated heterocycles. The number of rotatable bonds is 4. The Labute approximate surface area is 109 Å². The summed E-state index contributed by atoms with van der Waals surface area (Å²) in [4.78, 5) is 4.32. The van der Waals surface area contributed by atoms with E-state index in [1.54, 1.807) is 6.20 Å². The topological polar surface area (TPSA) is 39.9 Å². The summed E-state index contributed by atoms with van der Waals surface area (Å²) in [5.41, 5.74) is 0.906. The summed E-state index contributed by atoms with van der Waals surface area (Å²) in [5.74, 6) is 1.30. The highest BCUT2D eigenvalue weighted by atomic mass is 79.9. The van der Waals surface area contributed by atoms with E-state index in [1.165, 1.54) is 0 Å². The van der Waals surface area contributed by atoms with Gasteiger partial charge in [-0.1, -0.05) is 6.92 Å². The second-order valence-corrected chi connectivity index (χ2v) is 4.61. The fraction of sp³-hybridized carbons (Fsp3) is 0.333. The fourth-order valence-electron chi connectivity index (χ4n) is 1.45. The van der Waals surface area contributed by atoms with Crippen molar-refractivity contribution in [1.82, 2.24) is 14.8 Å². The quantitative estimate of drug-likeness (QED) is 0.866. The Kier molecular flexibility index (Phi) is 3.78. The van der Waals surface area contributed by atoms with E-state index in [0.717, 1.165) is 23.1 Å². The second kappa shape index (κ2) is 5.31. The van der Waals surface area contributed by atoms with Crippen LogP contribution in [-0.2, 0) is 6.54 Å². The number of aryl methyl sites for hydroxylation is 2. The maximum Gasteiger partial charge on any atom is 0.219 e.